The molecular formula is C7H20BP. The maximum absolute atomic E-state index is 2.45. The van der Waals surface area contributed by atoms with E-state index in [-0.39, 0.29) is 0 Å². The molecule has 0 radical (unpaired) electrons. The van der Waals surface area contributed by atoms with Crippen LogP contribution in [0.3, 0.4) is 0 Å². The van der Waals surface area contributed by atoms with Crippen molar-refractivity contribution in [3.63, 3.8) is 0 Å². The first-order valence-electron chi connectivity index (χ1n) is 3.98. The first-order valence-corrected chi connectivity index (χ1v) is 7.56. The van der Waals surface area contributed by atoms with E-state index in [0.29, 0.717) is 0 Å². The summed E-state index contributed by atoms with van der Waals surface area (Å²) in [6, 6.07) is 0. The Hall–Kier alpha value is 0.495. The quantitative estimate of drug-likeness (QED) is 0.416. The van der Waals surface area contributed by atoms with Crippen molar-refractivity contribution in [3.8, 4) is 0 Å². The fourth-order valence-electron chi connectivity index (χ4n) is 0.866. The van der Waals surface area contributed by atoms with Gasteiger partial charge in [0.1, 0.15) is 0 Å². The molecule has 1 unspecified atom stereocenters. The van der Waals surface area contributed by atoms with Gasteiger partial charge in [-0.3, -0.25) is 0 Å². The summed E-state index contributed by atoms with van der Waals surface area (Å²) in [6.45, 7) is 9.63. The summed E-state index contributed by atoms with van der Waals surface area (Å²) in [5.74, 6) is 0. The fourth-order valence-corrected chi connectivity index (χ4v) is 2.02. The molecule has 0 heterocycles. The predicted octanol–water partition coefficient (Wildman–Crippen LogP) is 1.38. The monoisotopic (exact) mass is 146 g/mol. The van der Waals surface area contributed by atoms with Gasteiger partial charge in [-0.25, -0.2) is 0 Å². The van der Waals surface area contributed by atoms with E-state index >= 15 is 0 Å². The Morgan fingerprint density at radius 3 is 1.89 bits per heavy atom. The van der Waals surface area contributed by atoms with Crippen LogP contribution in [0.15, 0.2) is 0 Å². The third kappa shape index (κ3) is 3.97. The summed E-state index contributed by atoms with van der Waals surface area (Å²) in [4.78, 5) is 0. The molecule has 9 heavy (non-hydrogen) atoms. The molecule has 0 aliphatic heterocycles. The molecule has 0 bridgehead atoms. The zero-order valence-electron chi connectivity index (χ0n) is 7.49. The molecule has 0 saturated carbocycles. The molecule has 0 aromatic rings. The van der Waals surface area contributed by atoms with Crippen LogP contribution in [-0.2, 0) is 0 Å². The van der Waals surface area contributed by atoms with Gasteiger partial charge in [-0.05, 0) is 0 Å². The van der Waals surface area contributed by atoms with E-state index in [4.69, 9.17) is 0 Å². The van der Waals surface area contributed by atoms with Crippen LogP contribution in [0.25, 0.3) is 0 Å². The molecular weight excluding hydrogens is 126 g/mol. The van der Waals surface area contributed by atoms with Gasteiger partial charge < -0.3 is 0 Å². The van der Waals surface area contributed by atoms with Gasteiger partial charge in [0.2, 0.25) is 0 Å². The Morgan fingerprint density at radius 2 is 1.78 bits per heavy atom. The first-order chi connectivity index (χ1) is 3.98. The van der Waals surface area contributed by atoms with Gasteiger partial charge in [-0.15, -0.1) is 0 Å². The first kappa shape index (κ1) is 9.49. The van der Waals surface area contributed by atoms with E-state index < -0.39 is 7.26 Å². The van der Waals surface area contributed by atoms with Gasteiger partial charge >= 0.3 is 60.4 Å². The molecule has 0 amide bonds. The van der Waals surface area contributed by atoms with Crippen molar-refractivity contribution in [3.05, 3.63) is 0 Å². The molecule has 2 heteroatoms. The third-order valence-corrected chi connectivity index (χ3v) is 5.45. The van der Waals surface area contributed by atoms with Crippen molar-refractivity contribution in [2.75, 3.05) is 20.0 Å². The minimum atomic E-state index is -0.782. The summed E-state index contributed by atoms with van der Waals surface area (Å²) in [6.07, 6.45) is 2.78. The second-order valence-electron chi connectivity index (χ2n) is 4.06. The van der Waals surface area contributed by atoms with Crippen molar-refractivity contribution >= 4 is 15.1 Å². The van der Waals surface area contributed by atoms with Crippen molar-refractivity contribution in [2.45, 2.75) is 25.3 Å². The summed E-state index contributed by atoms with van der Waals surface area (Å²) >= 11 is 0. The Morgan fingerprint density at radius 1 is 1.33 bits per heavy atom. The Kier molecular flexibility index (Phi) is 3.81. The Bertz CT molecular complexity index is 75.5. The van der Waals surface area contributed by atoms with Gasteiger partial charge in [-0.2, -0.15) is 0 Å². The van der Waals surface area contributed by atoms with Gasteiger partial charge in [-0.1, -0.05) is 0 Å². The summed E-state index contributed by atoms with van der Waals surface area (Å²) in [5.41, 5.74) is 1.00. The van der Waals surface area contributed by atoms with Crippen molar-refractivity contribution < 1.29 is 0 Å². The van der Waals surface area contributed by atoms with Crippen molar-refractivity contribution in [2.24, 2.45) is 0 Å². The standard InChI is InChI=1S/C7H20BP/c1-5-6-7(8)9(2,3)4/h7,9H,5-6,8H2,1-4H3. The number of hydrogen-bond acceptors (Lipinski definition) is 0. The van der Waals surface area contributed by atoms with E-state index in [1.54, 1.807) is 0 Å². The summed E-state index contributed by atoms with van der Waals surface area (Å²) in [7, 11) is 1.62. The van der Waals surface area contributed by atoms with E-state index in [0.717, 1.165) is 5.56 Å². The fraction of sp³-hybridized carbons (Fsp3) is 1.00. The third-order valence-electron chi connectivity index (χ3n) is 2.20. The van der Waals surface area contributed by atoms with Gasteiger partial charge in [0.25, 0.3) is 0 Å². The molecule has 0 fully saturated rings. The second kappa shape index (κ2) is 3.61. The molecule has 0 N–H and O–H groups in total. The van der Waals surface area contributed by atoms with Crippen LogP contribution in [0.4, 0.5) is 0 Å². The molecule has 0 aromatic carbocycles. The van der Waals surface area contributed by atoms with Gasteiger partial charge in [0.15, 0.2) is 0 Å². The summed E-state index contributed by atoms with van der Waals surface area (Å²) in [5, 5.41) is 0. The zero-order chi connectivity index (χ0) is 7.49. The van der Waals surface area contributed by atoms with Crippen molar-refractivity contribution in [1.29, 1.82) is 0 Å². The molecule has 0 saturated heterocycles. The molecule has 0 nitrogen and oxygen atoms in total. The second-order valence-corrected chi connectivity index (χ2v) is 9.77. The number of rotatable bonds is 3. The van der Waals surface area contributed by atoms with Crippen LogP contribution >= 0.6 is 7.26 Å². The van der Waals surface area contributed by atoms with Crippen molar-refractivity contribution in [1.82, 2.24) is 0 Å². The molecule has 1 atom stereocenters. The molecule has 0 aliphatic carbocycles. The number of hydrogen-bond donors (Lipinski definition) is 0. The maximum atomic E-state index is 2.45. The Labute approximate surface area is 61.2 Å². The van der Waals surface area contributed by atoms with E-state index in [2.05, 4.69) is 34.8 Å². The molecule has 56 valence electrons. The van der Waals surface area contributed by atoms with Crippen LogP contribution in [0.5, 0.6) is 0 Å². The van der Waals surface area contributed by atoms with Crippen LogP contribution in [0.1, 0.15) is 19.8 Å². The van der Waals surface area contributed by atoms with E-state index in [9.17, 15) is 0 Å². The molecule has 0 aliphatic rings. The van der Waals surface area contributed by atoms with Crippen LogP contribution in [0.2, 0.25) is 0 Å². The molecule has 0 spiro atoms. The van der Waals surface area contributed by atoms with Crippen LogP contribution in [-0.4, -0.2) is 33.4 Å². The zero-order valence-corrected chi connectivity index (χ0v) is 8.49. The summed E-state index contributed by atoms with van der Waals surface area (Å²) < 4.78 is 0. The van der Waals surface area contributed by atoms with Crippen LogP contribution in [0, 0.1) is 0 Å². The minimum absolute atomic E-state index is 0.782. The molecule has 0 rings (SSSR count). The SMILES string of the molecule is BC(CCC)[PH](C)(C)C. The Balaban J connectivity index is 3.59. The van der Waals surface area contributed by atoms with E-state index in [1.807, 2.05) is 0 Å². The normalized spacial score (nSPS) is 17.3. The van der Waals surface area contributed by atoms with Gasteiger partial charge in [0.05, 0.1) is 0 Å². The van der Waals surface area contributed by atoms with Gasteiger partial charge in [0, 0.05) is 0 Å². The average molecular weight is 146 g/mol. The average Bonchev–Trinajstić information content (AvgIpc) is 1.64. The molecule has 0 aromatic heterocycles. The van der Waals surface area contributed by atoms with E-state index in [1.165, 1.54) is 12.8 Å². The van der Waals surface area contributed by atoms with Crippen LogP contribution < -0.4 is 0 Å². The predicted molar refractivity (Wildman–Crippen MR) is 53.3 cm³/mol. The topological polar surface area (TPSA) is 0 Å².